The van der Waals surface area contributed by atoms with Crippen LogP contribution in [0.1, 0.15) is 34.6 Å². The predicted octanol–water partition coefficient (Wildman–Crippen LogP) is 3.00. The van der Waals surface area contributed by atoms with Crippen molar-refractivity contribution >= 4 is 17.6 Å². The topological polar surface area (TPSA) is 64.6 Å². The molecule has 0 bridgehead atoms. The van der Waals surface area contributed by atoms with Crippen LogP contribution < -0.4 is 10.1 Å². The van der Waals surface area contributed by atoms with Gasteiger partial charge in [-0.15, -0.1) is 0 Å². The summed E-state index contributed by atoms with van der Waals surface area (Å²) in [6.45, 7) is 9.25. The van der Waals surface area contributed by atoms with Crippen molar-refractivity contribution in [3.8, 4) is 5.75 Å². The standard InChI is InChI=1S/C16H23NO4/c1-6-20-14(18)11(2)21-13-9-7-12(8-10-13)17-15(19)16(3,4)5/h7-11H,6H2,1-5H3,(H,17,19). The summed E-state index contributed by atoms with van der Waals surface area (Å²) >= 11 is 0. The van der Waals surface area contributed by atoms with Gasteiger partial charge in [0.2, 0.25) is 5.91 Å². The van der Waals surface area contributed by atoms with Crippen LogP contribution in [0.15, 0.2) is 24.3 Å². The molecule has 1 N–H and O–H groups in total. The summed E-state index contributed by atoms with van der Waals surface area (Å²) in [5.41, 5.74) is 0.235. The van der Waals surface area contributed by atoms with Gasteiger partial charge < -0.3 is 14.8 Å². The second kappa shape index (κ2) is 7.11. The third kappa shape index (κ3) is 5.45. The van der Waals surface area contributed by atoms with E-state index in [1.165, 1.54) is 0 Å². The number of rotatable bonds is 5. The Kier molecular flexibility index (Phi) is 5.76. The highest BCUT2D eigenvalue weighted by molar-refractivity contribution is 5.94. The van der Waals surface area contributed by atoms with Gasteiger partial charge in [0.15, 0.2) is 6.10 Å². The van der Waals surface area contributed by atoms with Crippen molar-refractivity contribution in [1.29, 1.82) is 0 Å². The minimum absolute atomic E-state index is 0.0592. The number of anilines is 1. The van der Waals surface area contributed by atoms with E-state index in [-0.39, 0.29) is 5.91 Å². The summed E-state index contributed by atoms with van der Waals surface area (Å²) < 4.78 is 10.3. The maximum Gasteiger partial charge on any atom is 0.347 e. The Morgan fingerprint density at radius 3 is 2.24 bits per heavy atom. The van der Waals surface area contributed by atoms with Gasteiger partial charge in [-0.2, -0.15) is 0 Å². The van der Waals surface area contributed by atoms with Gasteiger partial charge in [-0.25, -0.2) is 4.79 Å². The molecule has 1 atom stereocenters. The van der Waals surface area contributed by atoms with E-state index < -0.39 is 17.5 Å². The fourth-order valence-electron chi connectivity index (χ4n) is 1.45. The number of amides is 1. The van der Waals surface area contributed by atoms with Gasteiger partial charge in [0.25, 0.3) is 0 Å². The van der Waals surface area contributed by atoms with Crippen molar-refractivity contribution in [2.45, 2.75) is 40.7 Å². The second-order valence-corrected chi connectivity index (χ2v) is 5.74. The van der Waals surface area contributed by atoms with Crippen LogP contribution in [0.3, 0.4) is 0 Å². The molecular weight excluding hydrogens is 270 g/mol. The van der Waals surface area contributed by atoms with Crippen LogP contribution in [0.4, 0.5) is 5.69 Å². The lowest BCUT2D eigenvalue weighted by Crippen LogP contribution is -2.27. The van der Waals surface area contributed by atoms with Gasteiger partial charge >= 0.3 is 5.97 Å². The average molecular weight is 293 g/mol. The summed E-state index contributed by atoms with van der Waals surface area (Å²) in [6, 6.07) is 6.87. The predicted molar refractivity (Wildman–Crippen MR) is 81.2 cm³/mol. The Labute approximate surface area is 125 Å². The normalized spacial score (nSPS) is 12.4. The van der Waals surface area contributed by atoms with E-state index in [4.69, 9.17) is 9.47 Å². The minimum Gasteiger partial charge on any atom is -0.479 e. The van der Waals surface area contributed by atoms with E-state index in [0.717, 1.165) is 0 Å². The highest BCUT2D eigenvalue weighted by Gasteiger charge is 2.21. The Bertz CT molecular complexity index is 488. The fourth-order valence-corrected chi connectivity index (χ4v) is 1.45. The van der Waals surface area contributed by atoms with E-state index >= 15 is 0 Å². The molecule has 1 rings (SSSR count). The van der Waals surface area contributed by atoms with Gasteiger partial charge in [0.1, 0.15) is 5.75 Å². The Morgan fingerprint density at radius 2 is 1.76 bits per heavy atom. The molecule has 5 heteroatoms. The van der Waals surface area contributed by atoms with Gasteiger partial charge in [0.05, 0.1) is 6.61 Å². The molecule has 1 amide bonds. The third-order valence-corrected chi connectivity index (χ3v) is 2.72. The van der Waals surface area contributed by atoms with Crippen LogP contribution in [0.25, 0.3) is 0 Å². The summed E-state index contributed by atoms with van der Waals surface area (Å²) in [5.74, 6) is 0.0861. The van der Waals surface area contributed by atoms with Crippen LogP contribution in [0, 0.1) is 5.41 Å². The zero-order chi connectivity index (χ0) is 16.0. The lowest BCUT2D eigenvalue weighted by molar-refractivity contribution is -0.150. The smallest absolute Gasteiger partial charge is 0.347 e. The number of ether oxygens (including phenoxy) is 2. The maximum absolute atomic E-state index is 11.9. The van der Waals surface area contributed by atoms with E-state index in [2.05, 4.69) is 5.32 Å². The molecule has 0 radical (unpaired) electrons. The number of nitrogens with one attached hydrogen (secondary N) is 1. The largest absolute Gasteiger partial charge is 0.479 e. The number of benzene rings is 1. The lowest BCUT2D eigenvalue weighted by Gasteiger charge is -2.18. The van der Waals surface area contributed by atoms with Gasteiger partial charge in [-0.05, 0) is 38.1 Å². The maximum atomic E-state index is 11.9. The van der Waals surface area contributed by atoms with Crippen LogP contribution in [-0.4, -0.2) is 24.6 Å². The molecular formula is C16H23NO4. The SMILES string of the molecule is CCOC(=O)C(C)Oc1ccc(NC(=O)C(C)(C)C)cc1. The first-order valence-corrected chi connectivity index (χ1v) is 6.99. The van der Waals surface area contributed by atoms with Crippen molar-refractivity contribution in [3.05, 3.63) is 24.3 Å². The zero-order valence-electron chi connectivity index (χ0n) is 13.2. The van der Waals surface area contributed by atoms with Crippen molar-refractivity contribution in [2.24, 2.45) is 5.41 Å². The van der Waals surface area contributed by atoms with Crippen molar-refractivity contribution in [2.75, 3.05) is 11.9 Å². The summed E-state index contributed by atoms with van der Waals surface area (Å²) in [4.78, 5) is 23.3. The number of hydrogen-bond acceptors (Lipinski definition) is 4. The molecule has 1 unspecified atom stereocenters. The number of carbonyl (C=O) groups excluding carboxylic acids is 2. The molecule has 0 heterocycles. The number of carbonyl (C=O) groups is 2. The molecule has 116 valence electrons. The Hall–Kier alpha value is -2.04. The molecule has 0 saturated heterocycles. The van der Waals surface area contributed by atoms with Gasteiger partial charge in [-0.3, -0.25) is 4.79 Å². The molecule has 0 aromatic heterocycles. The quantitative estimate of drug-likeness (QED) is 0.848. The molecule has 21 heavy (non-hydrogen) atoms. The monoisotopic (exact) mass is 293 g/mol. The van der Waals surface area contributed by atoms with Gasteiger partial charge in [-0.1, -0.05) is 20.8 Å². The van der Waals surface area contributed by atoms with Crippen LogP contribution >= 0.6 is 0 Å². The highest BCUT2D eigenvalue weighted by atomic mass is 16.6. The summed E-state index contributed by atoms with van der Waals surface area (Å²) in [5, 5.41) is 2.82. The first-order chi connectivity index (χ1) is 9.74. The third-order valence-electron chi connectivity index (χ3n) is 2.72. The van der Waals surface area contributed by atoms with Crippen molar-refractivity contribution in [3.63, 3.8) is 0 Å². The zero-order valence-corrected chi connectivity index (χ0v) is 13.2. The minimum atomic E-state index is -0.667. The van der Waals surface area contributed by atoms with Gasteiger partial charge in [0, 0.05) is 11.1 Å². The van der Waals surface area contributed by atoms with E-state index in [1.807, 2.05) is 20.8 Å². The van der Waals surface area contributed by atoms with E-state index in [1.54, 1.807) is 38.1 Å². The lowest BCUT2D eigenvalue weighted by atomic mass is 9.95. The Balaban J connectivity index is 2.62. The van der Waals surface area contributed by atoms with E-state index in [0.29, 0.717) is 18.0 Å². The number of hydrogen-bond donors (Lipinski definition) is 1. The molecule has 0 fully saturated rings. The van der Waals surface area contributed by atoms with Crippen molar-refractivity contribution < 1.29 is 19.1 Å². The van der Waals surface area contributed by atoms with Crippen LogP contribution in [-0.2, 0) is 14.3 Å². The molecule has 1 aromatic rings. The molecule has 0 aliphatic rings. The molecule has 0 saturated carbocycles. The molecule has 1 aromatic carbocycles. The van der Waals surface area contributed by atoms with Crippen molar-refractivity contribution in [1.82, 2.24) is 0 Å². The summed E-state index contributed by atoms with van der Waals surface area (Å²) in [7, 11) is 0. The highest BCUT2D eigenvalue weighted by Crippen LogP contribution is 2.20. The Morgan fingerprint density at radius 1 is 1.19 bits per heavy atom. The van der Waals surface area contributed by atoms with Crippen LogP contribution in [0.2, 0.25) is 0 Å². The molecule has 0 aliphatic carbocycles. The first-order valence-electron chi connectivity index (χ1n) is 6.99. The average Bonchev–Trinajstić information content (AvgIpc) is 2.40. The fraction of sp³-hybridized carbons (Fsp3) is 0.500. The number of esters is 1. The first kappa shape index (κ1) is 17.0. The second-order valence-electron chi connectivity index (χ2n) is 5.74. The molecule has 5 nitrogen and oxygen atoms in total. The van der Waals surface area contributed by atoms with Crippen LogP contribution in [0.5, 0.6) is 5.75 Å². The molecule has 0 aliphatic heterocycles. The molecule has 0 spiro atoms. The summed E-state index contributed by atoms with van der Waals surface area (Å²) in [6.07, 6.45) is -0.667. The van der Waals surface area contributed by atoms with E-state index in [9.17, 15) is 9.59 Å².